The molecule has 1 aromatic rings. The number of carbonyl (C=O) groups is 2. The Balaban J connectivity index is 2.96. The minimum absolute atomic E-state index is 0.102. The number of halogens is 1. The lowest BCUT2D eigenvalue weighted by molar-refractivity contribution is -0.140. The summed E-state index contributed by atoms with van der Waals surface area (Å²) in [6.45, 7) is -0.704. The van der Waals surface area contributed by atoms with Crippen LogP contribution < -0.4 is 10.1 Å². The zero-order chi connectivity index (χ0) is 13.7. The zero-order valence-corrected chi connectivity index (χ0v) is 10.3. The van der Waals surface area contributed by atoms with E-state index in [-0.39, 0.29) is 11.3 Å². The van der Waals surface area contributed by atoms with Gasteiger partial charge in [0.25, 0.3) is 5.91 Å². The molecule has 1 atom stereocenters. The van der Waals surface area contributed by atoms with Crippen LogP contribution in [0.3, 0.4) is 0 Å². The summed E-state index contributed by atoms with van der Waals surface area (Å²) >= 11 is 5.75. The molecular weight excluding hydrogens is 262 g/mol. The van der Waals surface area contributed by atoms with Crippen LogP contribution >= 0.6 is 11.6 Å². The molecule has 98 valence electrons. The number of ether oxygens (including phenoxy) is 1. The van der Waals surface area contributed by atoms with Gasteiger partial charge in [0.15, 0.2) is 6.04 Å². The van der Waals surface area contributed by atoms with E-state index in [4.69, 9.17) is 26.6 Å². The van der Waals surface area contributed by atoms with E-state index in [2.05, 4.69) is 5.32 Å². The Morgan fingerprint density at radius 2 is 2.17 bits per heavy atom. The van der Waals surface area contributed by atoms with E-state index in [1.807, 2.05) is 0 Å². The molecule has 1 unspecified atom stereocenters. The van der Waals surface area contributed by atoms with E-state index >= 15 is 0 Å². The van der Waals surface area contributed by atoms with E-state index in [9.17, 15) is 9.59 Å². The topological polar surface area (TPSA) is 95.9 Å². The average Bonchev–Trinajstić information content (AvgIpc) is 2.35. The van der Waals surface area contributed by atoms with Crippen molar-refractivity contribution < 1.29 is 24.5 Å². The van der Waals surface area contributed by atoms with Crippen LogP contribution in [0, 0.1) is 0 Å². The summed E-state index contributed by atoms with van der Waals surface area (Å²) in [6, 6.07) is 3.01. The molecule has 0 saturated heterocycles. The second kappa shape index (κ2) is 6.23. The monoisotopic (exact) mass is 273 g/mol. The Bertz CT molecular complexity index is 463. The van der Waals surface area contributed by atoms with Crippen molar-refractivity contribution in [2.75, 3.05) is 13.7 Å². The van der Waals surface area contributed by atoms with Crippen LogP contribution in [0.2, 0.25) is 5.02 Å². The number of aliphatic hydroxyl groups excluding tert-OH is 1. The molecule has 7 heteroatoms. The molecule has 0 aliphatic carbocycles. The van der Waals surface area contributed by atoms with E-state index in [1.54, 1.807) is 0 Å². The van der Waals surface area contributed by atoms with Crippen LogP contribution in [0.5, 0.6) is 5.75 Å². The predicted molar refractivity (Wildman–Crippen MR) is 64.0 cm³/mol. The first kappa shape index (κ1) is 14.3. The highest BCUT2D eigenvalue weighted by Crippen LogP contribution is 2.22. The second-order valence-corrected chi connectivity index (χ2v) is 3.83. The summed E-state index contributed by atoms with van der Waals surface area (Å²) in [5, 5.41) is 20.0. The number of aliphatic hydroxyl groups is 1. The first-order valence-electron chi connectivity index (χ1n) is 4.97. The highest BCUT2D eigenvalue weighted by molar-refractivity contribution is 6.31. The Hall–Kier alpha value is -1.79. The molecular formula is C11H12ClNO5. The molecule has 0 radical (unpaired) electrons. The van der Waals surface area contributed by atoms with Gasteiger partial charge in [0.05, 0.1) is 19.3 Å². The number of benzene rings is 1. The van der Waals surface area contributed by atoms with Crippen LogP contribution in [0.1, 0.15) is 10.4 Å². The van der Waals surface area contributed by atoms with Crippen molar-refractivity contribution in [3.63, 3.8) is 0 Å². The van der Waals surface area contributed by atoms with E-state index in [0.29, 0.717) is 5.02 Å². The molecule has 0 bridgehead atoms. The summed E-state index contributed by atoms with van der Waals surface area (Å²) in [6.07, 6.45) is 0. The standard InChI is InChI=1S/C11H12ClNO5/c1-18-9-3-2-6(12)4-7(9)10(15)13-8(5-14)11(16)17/h2-4,8,14H,5H2,1H3,(H,13,15)(H,16,17). The van der Waals surface area contributed by atoms with Crippen molar-refractivity contribution in [2.24, 2.45) is 0 Å². The second-order valence-electron chi connectivity index (χ2n) is 3.39. The quantitative estimate of drug-likeness (QED) is 0.727. The SMILES string of the molecule is COc1ccc(Cl)cc1C(=O)NC(CO)C(=O)O. The van der Waals surface area contributed by atoms with Gasteiger partial charge in [0, 0.05) is 5.02 Å². The fraction of sp³-hybridized carbons (Fsp3) is 0.273. The maximum atomic E-state index is 11.8. The molecule has 1 rings (SSSR count). The summed E-state index contributed by atoms with van der Waals surface area (Å²) in [7, 11) is 1.38. The van der Waals surface area contributed by atoms with Crippen LogP contribution in [0.4, 0.5) is 0 Å². The fourth-order valence-corrected chi connectivity index (χ4v) is 1.45. The Kier molecular flexibility index (Phi) is 4.94. The summed E-state index contributed by atoms with van der Waals surface area (Å²) in [5.41, 5.74) is 0.102. The van der Waals surface area contributed by atoms with Crippen molar-refractivity contribution in [1.82, 2.24) is 5.32 Å². The Morgan fingerprint density at radius 1 is 1.50 bits per heavy atom. The number of nitrogens with one attached hydrogen (secondary N) is 1. The number of rotatable bonds is 5. The minimum Gasteiger partial charge on any atom is -0.496 e. The third-order valence-corrected chi connectivity index (χ3v) is 2.43. The first-order chi connectivity index (χ1) is 8.49. The van der Waals surface area contributed by atoms with Gasteiger partial charge in [-0.2, -0.15) is 0 Å². The van der Waals surface area contributed by atoms with Gasteiger partial charge in [-0.25, -0.2) is 4.79 Å². The van der Waals surface area contributed by atoms with Crippen molar-refractivity contribution in [3.8, 4) is 5.75 Å². The molecule has 3 N–H and O–H groups in total. The van der Waals surface area contributed by atoms with Gasteiger partial charge in [-0.05, 0) is 18.2 Å². The summed E-state index contributed by atoms with van der Waals surface area (Å²) in [5.74, 6) is -1.75. The maximum Gasteiger partial charge on any atom is 0.328 e. The summed E-state index contributed by atoms with van der Waals surface area (Å²) in [4.78, 5) is 22.5. The highest BCUT2D eigenvalue weighted by atomic mass is 35.5. The lowest BCUT2D eigenvalue weighted by Gasteiger charge is -2.13. The normalized spacial score (nSPS) is 11.7. The molecule has 0 heterocycles. The lowest BCUT2D eigenvalue weighted by atomic mass is 10.1. The van der Waals surface area contributed by atoms with Crippen molar-refractivity contribution in [1.29, 1.82) is 0 Å². The predicted octanol–water partition coefficient (Wildman–Crippen LogP) is 0.524. The average molecular weight is 274 g/mol. The molecule has 0 aromatic heterocycles. The smallest absolute Gasteiger partial charge is 0.328 e. The Labute approximate surface area is 108 Å². The number of carbonyl (C=O) groups excluding carboxylic acids is 1. The van der Waals surface area contributed by atoms with Crippen LogP contribution in [0.15, 0.2) is 18.2 Å². The van der Waals surface area contributed by atoms with Gasteiger partial charge in [-0.3, -0.25) is 4.79 Å². The lowest BCUT2D eigenvalue weighted by Crippen LogP contribution is -2.43. The van der Waals surface area contributed by atoms with Crippen LogP contribution in [-0.4, -0.2) is 41.8 Å². The number of hydrogen-bond donors (Lipinski definition) is 3. The van der Waals surface area contributed by atoms with Crippen molar-refractivity contribution in [2.45, 2.75) is 6.04 Å². The molecule has 0 aliphatic heterocycles. The van der Waals surface area contributed by atoms with E-state index in [0.717, 1.165) is 0 Å². The van der Waals surface area contributed by atoms with Crippen LogP contribution in [0.25, 0.3) is 0 Å². The Morgan fingerprint density at radius 3 is 2.67 bits per heavy atom. The number of methoxy groups -OCH3 is 1. The van der Waals surface area contributed by atoms with Gasteiger partial charge in [0.1, 0.15) is 5.75 Å². The van der Waals surface area contributed by atoms with Crippen molar-refractivity contribution in [3.05, 3.63) is 28.8 Å². The number of amides is 1. The van der Waals surface area contributed by atoms with Gasteiger partial charge in [-0.15, -0.1) is 0 Å². The zero-order valence-electron chi connectivity index (χ0n) is 9.51. The van der Waals surface area contributed by atoms with Gasteiger partial charge in [0.2, 0.25) is 0 Å². The molecule has 0 fully saturated rings. The number of carboxylic acid groups (broad SMARTS) is 1. The summed E-state index contributed by atoms with van der Waals surface area (Å²) < 4.78 is 4.97. The molecule has 18 heavy (non-hydrogen) atoms. The van der Waals surface area contributed by atoms with E-state index < -0.39 is 24.5 Å². The van der Waals surface area contributed by atoms with E-state index in [1.165, 1.54) is 25.3 Å². The highest BCUT2D eigenvalue weighted by Gasteiger charge is 2.21. The molecule has 1 aromatic carbocycles. The van der Waals surface area contributed by atoms with Crippen molar-refractivity contribution >= 4 is 23.5 Å². The van der Waals surface area contributed by atoms with Gasteiger partial charge >= 0.3 is 5.97 Å². The van der Waals surface area contributed by atoms with Gasteiger partial charge in [-0.1, -0.05) is 11.6 Å². The molecule has 6 nitrogen and oxygen atoms in total. The maximum absolute atomic E-state index is 11.8. The molecule has 0 saturated carbocycles. The number of aliphatic carboxylic acids is 1. The van der Waals surface area contributed by atoms with Crippen LogP contribution in [-0.2, 0) is 4.79 Å². The molecule has 0 aliphatic rings. The van der Waals surface area contributed by atoms with Gasteiger partial charge < -0.3 is 20.3 Å². The first-order valence-corrected chi connectivity index (χ1v) is 5.35. The molecule has 1 amide bonds. The third kappa shape index (κ3) is 3.35. The minimum atomic E-state index is -1.37. The third-order valence-electron chi connectivity index (χ3n) is 2.19. The number of hydrogen-bond acceptors (Lipinski definition) is 4. The largest absolute Gasteiger partial charge is 0.496 e. The fourth-order valence-electron chi connectivity index (χ4n) is 1.28. The molecule has 0 spiro atoms. The number of carboxylic acids is 1.